The highest BCUT2D eigenvalue weighted by Crippen LogP contribution is 2.55. The van der Waals surface area contributed by atoms with E-state index in [1.807, 2.05) is 36.4 Å². The number of aliphatic hydroxyl groups is 1. The molecule has 19 heavy (non-hydrogen) atoms. The molecule has 0 aromatic heterocycles. The normalized spacial score (nSPS) is 32.4. The number of aliphatic hydroxyl groups excluding tert-OH is 1. The van der Waals surface area contributed by atoms with Gasteiger partial charge in [0.25, 0.3) is 0 Å². The van der Waals surface area contributed by atoms with Crippen LogP contribution in [0, 0.1) is 0 Å². The van der Waals surface area contributed by atoms with Gasteiger partial charge in [0, 0.05) is 13.4 Å². The minimum Gasteiger partial charge on any atom is -0.368 e. The minimum atomic E-state index is -0.780. The molecule has 0 aliphatic carbocycles. The zero-order valence-electron chi connectivity index (χ0n) is 12.5. The van der Waals surface area contributed by atoms with Crippen molar-refractivity contribution in [1.82, 2.24) is 0 Å². The quantitative estimate of drug-likeness (QED) is 0.871. The van der Waals surface area contributed by atoms with Gasteiger partial charge in [-0.15, -0.1) is 0 Å². The predicted molar refractivity (Wildman–Crippen MR) is 78.8 cm³/mol. The largest absolute Gasteiger partial charge is 0.368 e. The Morgan fingerprint density at radius 3 is 2.47 bits per heavy atom. The Hall–Kier alpha value is -1.21. The molecule has 2 aromatic rings. The molecule has 1 saturated heterocycles. The molecule has 1 aliphatic heterocycles. The SMILES string of the molecule is [2H]O[C@H]1OC[P@](c2ccccc2)[C@@H](c2ccccc2)[C@@H]1[2H]. The fourth-order valence-corrected chi connectivity index (χ4v) is 4.71. The summed E-state index contributed by atoms with van der Waals surface area (Å²) in [6, 6.07) is 20.3. The molecule has 0 amide bonds. The van der Waals surface area contributed by atoms with E-state index >= 15 is 0 Å². The van der Waals surface area contributed by atoms with Crippen molar-refractivity contribution in [3.8, 4) is 0 Å². The molecule has 3 heteroatoms. The van der Waals surface area contributed by atoms with E-state index in [1.54, 1.807) is 0 Å². The molecule has 0 radical (unpaired) electrons. The van der Waals surface area contributed by atoms with Gasteiger partial charge in [0.2, 0.25) is 1.43 Å². The van der Waals surface area contributed by atoms with Gasteiger partial charge in [-0.25, -0.2) is 0 Å². The molecular weight excluding hydrogens is 255 g/mol. The first kappa shape index (κ1) is 10.6. The maximum Gasteiger partial charge on any atom is 0.213 e. The summed E-state index contributed by atoms with van der Waals surface area (Å²) in [5.74, 6) is 0. The first-order valence-corrected chi connectivity index (χ1v) is 7.93. The van der Waals surface area contributed by atoms with Crippen LogP contribution in [0.1, 0.15) is 19.0 Å². The number of rotatable bonds is 3. The van der Waals surface area contributed by atoms with Gasteiger partial charge >= 0.3 is 0 Å². The van der Waals surface area contributed by atoms with Gasteiger partial charge in [0.1, 0.15) is 0 Å². The summed E-state index contributed by atoms with van der Waals surface area (Å²) in [4.78, 5) is 0. The van der Waals surface area contributed by atoms with Crippen LogP contribution >= 0.6 is 7.92 Å². The van der Waals surface area contributed by atoms with Gasteiger partial charge in [-0.2, -0.15) is 0 Å². The lowest BCUT2D eigenvalue weighted by molar-refractivity contribution is -0.0928. The molecule has 1 fully saturated rings. The zero-order valence-corrected chi connectivity index (χ0v) is 11.4. The van der Waals surface area contributed by atoms with Crippen LogP contribution in [-0.4, -0.2) is 19.2 Å². The van der Waals surface area contributed by atoms with E-state index in [4.69, 9.17) is 7.54 Å². The topological polar surface area (TPSA) is 29.5 Å². The maximum atomic E-state index is 8.45. The lowest BCUT2D eigenvalue weighted by Crippen LogP contribution is -2.26. The number of hydrogen-bond acceptors (Lipinski definition) is 2. The summed E-state index contributed by atoms with van der Waals surface area (Å²) in [5, 5.41) is 5.81. The van der Waals surface area contributed by atoms with Gasteiger partial charge < -0.3 is 9.85 Å². The molecule has 0 unspecified atom stereocenters. The highest BCUT2D eigenvalue weighted by molar-refractivity contribution is 7.65. The molecule has 1 N–H and O–H groups in total. The van der Waals surface area contributed by atoms with E-state index < -0.39 is 20.6 Å². The highest BCUT2D eigenvalue weighted by Gasteiger charge is 2.31. The third-order valence-corrected chi connectivity index (χ3v) is 5.81. The van der Waals surface area contributed by atoms with Crippen LogP contribution in [0.3, 0.4) is 0 Å². The summed E-state index contributed by atoms with van der Waals surface area (Å²) < 4.78 is 21.2. The molecule has 2 nitrogen and oxygen atoms in total. The molecule has 98 valence electrons. The van der Waals surface area contributed by atoms with E-state index in [9.17, 15) is 0 Å². The smallest absolute Gasteiger partial charge is 0.213 e. The number of hydrogen-bond donors (Lipinski definition) is 1. The zero-order chi connectivity index (χ0) is 14.7. The molecule has 2 aromatic carbocycles. The van der Waals surface area contributed by atoms with Crippen LogP contribution in [0.2, 0.25) is 0 Å². The van der Waals surface area contributed by atoms with Crippen molar-refractivity contribution < 1.29 is 11.2 Å². The summed E-state index contributed by atoms with van der Waals surface area (Å²) in [5.41, 5.74) is 1.14. The van der Waals surface area contributed by atoms with Crippen molar-refractivity contribution in [1.29, 1.82) is 1.43 Å². The summed E-state index contributed by atoms with van der Waals surface area (Å²) in [7, 11) is -0.651. The van der Waals surface area contributed by atoms with Gasteiger partial charge in [0.15, 0.2) is 6.29 Å². The van der Waals surface area contributed by atoms with Crippen LogP contribution in [0.25, 0.3) is 0 Å². The molecule has 1 aliphatic rings. The Bertz CT molecular complexity index is 567. The fraction of sp³-hybridized carbons (Fsp3) is 0.250. The molecular formula is C16H17O2P. The second kappa shape index (κ2) is 5.83. The van der Waals surface area contributed by atoms with E-state index in [2.05, 4.69) is 29.4 Å². The van der Waals surface area contributed by atoms with Gasteiger partial charge in [-0.1, -0.05) is 60.7 Å². The molecule has 0 spiro atoms. The second-order valence-corrected chi connectivity index (χ2v) is 6.79. The summed E-state index contributed by atoms with van der Waals surface area (Å²) >= 11 is 0. The summed E-state index contributed by atoms with van der Waals surface area (Å²) in [6.45, 7) is 0. The molecule has 3 rings (SSSR count). The monoisotopic (exact) mass is 274 g/mol. The lowest BCUT2D eigenvalue weighted by atomic mass is 10.1. The number of ether oxygens (including phenoxy) is 1. The van der Waals surface area contributed by atoms with Crippen molar-refractivity contribution in [2.75, 3.05) is 6.35 Å². The van der Waals surface area contributed by atoms with E-state index in [1.165, 1.54) is 5.30 Å². The van der Waals surface area contributed by atoms with Crippen LogP contribution < -0.4 is 5.30 Å². The Balaban J connectivity index is 1.98. The van der Waals surface area contributed by atoms with E-state index in [-0.39, 0.29) is 5.66 Å². The average molecular weight is 274 g/mol. The first-order chi connectivity index (χ1) is 10.3. The Morgan fingerprint density at radius 2 is 1.79 bits per heavy atom. The van der Waals surface area contributed by atoms with Gasteiger partial charge in [-0.05, 0) is 18.8 Å². The van der Waals surface area contributed by atoms with Crippen molar-refractivity contribution in [3.05, 3.63) is 66.2 Å². The van der Waals surface area contributed by atoms with Crippen molar-refractivity contribution in [2.24, 2.45) is 0 Å². The Kier molecular flexibility index (Phi) is 3.24. The summed E-state index contributed by atoms with van der Waals surface area (Å²) in [6.07, 6.45) is -0.847. The Morgan fingerprint density at radius 1 is 1.11 bits per heavy atom. The fourth-order valence-electron chi connectivity index (χ4n) is 2.34. The highest BCUT2D eigenvalue weighted by atomic mass is 31.1. The van der Waals surface area contributed by atoms with Gasteiger partial charge in [-0.3, -0.25) is 0 Å². The molecule has 1 heterocycles. The Labute approximate surface area is 117 Å². The third kappa shape index (κ3) is 2.87. The van der Waals surface area contributed by atoms with Crippen molar-refractivity contribution in [2.45, 2.75) is 18.3 Å². The minimum absolute atomic E-state index is 0.0210. The van der Waals surface area contributed by atoms with Crippen LogP contribution in [0.5, 0.6) is 0 Å². The second-order valence-electron chi connectivity index (χ2n) is 4.52. The van der Waals surface area contributed by atoms with Crippen LogP contribution in [0.4, 0.5) is 0 Å². The molecule has 4 atom stereocenters. The van der Waals surface area contributed by atoms with E-state index in [0.29, 0.717) is 6.35 Å². The number of benzene rings is 2. The maximum absolute atomic E-state index is 8.45. The standard InChI is InChI=1S/C16H17O2P/c17-16-11-15(13-7-3-1-4-8-13)19(12-18-16)14-9-5-2-6-10-14/h1-10,15-17H,11-12H2/t15-,16+,19-/m1/s1/i11D,17D/t11-,15+,16-,19+/m0. The predicted octanol–water partition coefficient (Wildman–Crippen LogP) is 3.23. The molecule has 0 saturated carbocycles. The van der Waals surface area contributed by atoms with Crippen LogP contribution in [0.15, 0.2) is 60.7 Å². The third-order valence-electron chi connectivity index (χ3n) is 3.28. The van der Waals surface area contributed by atoms with Crippen LogP contribution in [-0.2, 0) is 4.74 Å². The van der Waals surface area contributed by atoms with Gasteiger partial charge in [0.05, 0.1) is 6.35 Å². The lowest BCUT2D eigenvalue weighted by Gasteiger charge is -2.35. The molecule has 0 bridgehead atoms. The first-order valence-electron chi connectivity index (χ1n) is 7.32. The van der Waals surface area contributed by atoms with E-state index in [0.717, 1.165) is 5.56 Å². The van der Waals surface area contributed by atoms with Crippen molar-refractivity contribution in [3.63, 3.8) is 0 Å². The average Bonchev–Trinajstić information content (AvgIpc) is 2.56. The van der Waals surface area contributed by atoms with Crippen molar-refractivity contribution >= 4 is 13.2 Å².